The summed E-state index contributed by atoms with van der Waals surface area (Å²) < 4.78 is 0. The third-order valence-corrected chi connectivity index (χ3v) is 7.44. The molecule has 6 heteroatoms. The van der Waals surface area contributed by atoms with Crippen molar-refractivity contribution in [3.8, 4) is 0 Å². The van der Waals surface area contributed by atoms with Gasteiger partial charge in [0.15, 0.2) is 0 Å². The van der Waals surface area contributed by atoms with E-state index in [1.54, 1.807) is 41.7 Å². The number of benzene rings is 3. The first kappa shape index (κ1) is 25.4. The third kappa shape index (κ3) is 5.73. The summed E-state index contributed by atoms with van der Waals surface area (Å²) in [5.74, 6) is 0.939. The molecule has 3 aromatic carbocycles. The summed E-state index contributed by atoms with van der Waals surface area (Å²) >= 11 is 3.35. The highest BCUT2D eigenvalue weighted by Crippen LogP contribution is 2.40. The summed E-state index contributed by atoms with van der Waals surface area (Å²) in [6.45, 7) is 0. The Morgan fingerprint density at radius 1 is 0.778 bits per heavy atom. The zero-order chi connectivity index (χ0) is 25.2. The minimum absolute atomic E-state index is 0.748. The number of thioether (sulfide) groups is 1. The fourth-order valence-electron chi connectivity index (χ4n) is 4.42. The molecule has 182 valence electrons. The normalized spacial score (nSPS) is 13.2. The maximum absolute atomic E-state index is 5.93. The summed E-state index contributed by atoms with van der Waals surface area (Å²) in [5.41, 5.74) is 21.9. The van der Waals surface area contributed by atoms with Crippen molar-refractivity contribution in [2.75, 3.05) is 5.75 Å². The van der Waals surface area contributed by atoms with Crippen LogP contribution in [0.2, 0.25) is 0 Å². The van der Waals surface area contributed by atoms with Gasteiger partial charge in [0.05, 0.1) is 5.01 Å². The molecule has 0 unspecified atom stereocenters. The minimum atomic E-state index is 0.748. The van der Waals surface area contributed by atoms with Crippen molar-refractivity contribution in [3.63, 3.8) is 0 Å². The predicted molar refractivity (Wildman–Crippen MR) is 160 cm³/mol. The van der Waals surface area contributed by atoms with Gasteiger partial charge in [-0.15, -0.1) is 23.1 Å². The lowest BCUT2D eigenvalue weighted by molar-refractivity contribution is 1.19. The van der Waals surface area contributed by atoms with Gasteiger partial charge in [0.1, 0.15) is 0 Å². The average molecular weight is 511 g/mol. The number of aromatic nitrogens is 1. The molecule has 0 saturated heterocycles. The second kappa shape index (κ2) is 12.8. The van der Waals surface area contributed by atoms with Crippen molar-refractivity contribution in [1.82, 2.24) is 4.98 Å². The van der Waals surface area contributed by atoms with E-state index in [-0.39, 0.29) is 0 Å². The molecule has 0 bridgehead atoms. The quantitative estimate of drug-likeness (QED) is 0.122. The average Bonchev–Trinajstić information content (AvgIpc) is 3.43. The van der Waals surface area contributed by atoms with Crippen molar-refractivity contribution in [1.29, 1.82) is 0 Å². The van der Waals surface area contributed by atoms with E-state index in [2.05, 4.69) is 65.7 Å². The van der Waals surface area contributed by atoms with Gasteiger partial charge in [-0.3, -0.25) is 0 Å². The monoisotopic (exact) mass is 510 g/mol. The molecule has 1 aromatic heterocycles. The topological polar surface area (TPSA) is 91.0 Å². The zero-order valence-electron chi connectivity index (χ0n) is 20.0. The first-order valence-electron chi connectivity index (χ1n) is 11.8. The smallest absolute Gasteiger partial charge is 0.0962 e. The Morgan fingerprint density at radius 3 is 1.81 bits per heavy atom. The number of rotatable bonds is 10. The molecular formula is C30H30N4S2. The first-order chi connectivity index (χ1) is 17.8. The lowest BCUT2D eigenvalue weighted by atomic mass is 9.85. The number of thiazole rings is 1. The predicted octanol–water partition coefficient (Wildman–Crippen LogP) is 6.96. The number of hydrogen-bond acceptors (Lipinski definition) is 6. The molecule has 0 fully saturated rings. The number of nitrogens with two attached hydrogens (primary N) is 3. The second-order valence-electron chi connectivity index (χ2n) is 8.00. The van der Waals surface area contributed by atoms with Crippen LogP contribution in [0.15, 0.2) is 108 Å². The lowest BCUT2D eigenvalue weighted by Gasteiger charge is -2.19. The molecule has 0 aliphatic rings. The van der Waals surface area contributed by atoms with Crippen molar-refractivity contribution < 1.29 is 0 Å². The fourth-order valence-corrected chi connectivity index (χ4v) is 5.50. The number of nitrogens with zero attached hydrogens (tertiary/aromatic N) is 1. The number of allylic oxidation sites excluding steroid dienone is 6. The van der Waals surface area contributed by atoms with Crippen LogP contribution in [-0.2, 0) is 6.42 Å². The zero-order valence-corrected chi connectivity index (χ0v) is 21.6. The van der Waals surface area contributed by atoms with Crippen LogP contribution in [0.25, 0.3) is 32.7 Å². The highest BCUT2D eigenvalue weighted by molar-refractivity contribution is 8.02. The summed E-state index contributed by atoms with van der Waals surface area (Å²) in [7, 11) is 0. The molecule has 6 N–H and O–H groups in total. The van der Waals surface area contributed by atoms with Gasteiger partial charge in [-0.25, -0.2) is 4.98 Å². The van der Waals surface area contributed by atoms with Gasteiger partial charge in [-0.1, -0.05) is 60.7 Å². The molecule has 0 aliphatic heterocycles. The lowest BCUT2D eigenvalue weighted by Crippen LogP contribution is -1.96. The van der Waals surface area contributed by atoms with E-state index in [4.69, 9.17) is 17.2 Å². The Hall–Kier alpha value is -3.74. The molecule has 0 aliphatic carbocycles. The second-order valence-corrected chi connectivity index (χ2v) is 9.99. The molecule has 4 rings (SSSR count). The molecule has 0 spiro atoms. The highest BCUT2D eigenvalue weighted by Gasteiger charge is 2.17. The van der Waals surface area contributed by atoms with Crippen LogP contribution in [0.3, 0.4) is 0 Å². The van der Waals surface area contributed by atoms with Crippen LogP contribution in [0.4, 0.5) is 0 Å². The van der Waals surface area contributed by atoms with Gasteiger partial charge in [-0.05, 0) is 80.2 Å². The Balaban J connectivity index is 1.96. The van der Waals surface area contributed by atoms with E-state index in [1.165, 1.54) is 32.7 Å². The van der Waals surface area contributed by atoms with Crippen LogP contribution in [-0.4, -0.2) is 10.7 Å². The first-order valence-corrected chi connectivity index (χ1v) is 13.7. The van der Waals surface area contributed by atoms with E-state index in [0.29, 0.717) is 0 Å². The molecule has 36 heavy (non-hydrogen) atoms. The van der Waals surface area contributed by atoms with Crippen molar-refractivity contribution in [2.24, 2.45) is 17.2 Å². The third-order valence-electron chi connectivity index (χ3n) is 5.82. The largest absolute Gasteiger partial charge is 0.405 e. The Morgan fingerprint density at radius 2 is 1.33 bits per heavy atom. The Labute approximate surface area is 220 Å². The van der Waals surface area contributed by atoms with Crippen LogP contribution in [0.1, 0.15) is 22.6 Å². The van der Waals surface area contributed by atoms with Crippen LogP contribution in [0, 0.1) is 0 Å². The van der Waals surface area contributed by atoms with Crippen molar-refractivity contribution in [3.05, 3.63) is 125 Å². The highest BCUT2D eigenvalue weighted by atomic mass is 32.2. The fraction of sp³-hybridized carbons (Fsp3) is 0.100. The minimum Gasteiger partial charge on any atom is -0.405 e. The maximum Gasteiger partial charge on any atom is 0.0962 e. The van der Waals surface area contributed by atoms with Gasteiger partial charge in [-0.2, -0.15) is 0 Å². The van der Waals surface area contributed by atoms with Crippen molar-refractivity contribution in [2.45, 2.75) is 12.8 Å². The standard InChI is InChI=1S/C30H30N4S2/c31-15-13-22(6-5-19-35-20-17-33)29-24-7-1-3-9-26(24)30(27-10-4-2-8-25(27)29)23(14-16-32)11-12-28-34-18-21-36-28/h1-4,6-11,13-18,20-21H,5,12,19,31-33H2/b15-13-,16-14-,20-17-,22-6+,23-11+. The maximum atomic E-state index is 5.93. The number of hydrogen-bond donors (Lipinski definition) is 3. The molecular weight excluding hydrogens is 480 g/mol. The van der Waals surface area contributed by atoms with E-state index in [1.807, 2.05) is 29.1 Å². The molecule has 1 heterocycles. The Kier molecular flexibility index (Phi) is 9.03. The summed E-state index contributed by atoms with van der Waals surface area (Å²) in [5, 5.41) is 9.69. The molecule has 0 amide bonds. The van der Waals surface area contributed by atoms with E-state index < -0.39 is 0 Å². The molecule has 0 radical (unpaired) electrons. The van der Waals surface area contributed by atoms with Gasteiger partial charge >= 0.3 is 0 Å². The molecule has 0 atom stereocenters. The summed E-state index contributed by atoms with van der Waals surface area (Å²) in [6.07, 6.45) is 16.7. The Bertz CT molecular complexity index is 1400. The van der Waals surface area contributed by atoms with Gasteiger partial charge in [0.25, 0.3) is 0 Å². The van der Waals surface area contributed by atoms with Gasteiger partial charge in [0.2, 0.25) is 0 Å². The van der Waals surface area contributed by atoms with E-state index in [0.717, 1.165) is 34.7 Å². The molecule has 4 aromatic rings. The van der Waals surface area contributed by atoms with E-state index >= 15 is 0 Å². The SMILES string of the molecule is N/C=C\SCC/C=C(\C=C/N)c1c2ccccc2c(C(/C=C\N)=C/Cc2nccs2)c2ccccc12. The van der Waals surface area contributed by atoms with Crippen LogP contribution in [0.5, 0.6) is 0 Å². The summed E-state index contributed by atoms with van der Waals surface area (Å²) in [4.78, 5) is 4.45. The molecule has 0 saturated carbocycles. The number of fused-ring (bicyclic) bond motifs is 2. The summed E-state index contributed by atoms with van der Waals surface area (Å²) in [6, 6.07) is 17.1. The van der Waals surface area contributed by atoms with Crippen LogP contribution >= 0.6 is 23.1 Å². The van der Waals surface area contributed by atoms with Crippen molar-refractivity contribution >= 4 is 55.8 Å². The van der Waals surface area contributed by atoms with Crippen LogP contribution < -0.4 is 17.2 Å². The van der Waals surface area contributed by atoms with Gasteiger partial charge in [0, 0.05) is 30.0 Å². The van der Waals surface area contributed by atoms with E-state index in [9.17, 15) is 0 Å². The van der Waals surface area contributed by atoms with Gasteiger partial charge < -0.3 is 17.2 Å². The molecule has 4 nitrogen and oxygen atoms in total.